The normalized spacial score (nSPS) is 20.7. The first-order valence-electron chi connectivity index (χ1n) is 10.6. The fourth-order valence-electron chi connectivity index (χ4n) is 4.10. The quantitative estimate of drug-likeness (QED) is 0.296. The second-order valence-corrected chi connectivity index (χ2v) is 9.96. The number of piperidine rings is 1. The number of likely N-dealkylation sites (tertiary alicyclic amines) is 1. The summed E-state index contributed by atoms with van der Waals surface area (Å²) in [4.78, 5) is 11.4. The molecule has 0 aromatic carbocycles. The molecule has 7 heteroatoms. The van der Waals surface area contributed by atoms with Gasteiger partial charge in [-0.15, -0.1) is 11.3 Å². The standard InChI is InChI=1S/C20H35N5S2/c1-21-19(22-10-5-14-26-20-23-11-15-27-20)24-18-8-12-25(13-9-18)16-17-6-3-2-4-7-17/h11,15,17-18H,2-10,12-14,16H2,1H3,(H2,21,22,24). The molecule has 2 fully saturated rings. The second kappa shape index (κ2) is 11.9. The van der Waals surface area contributed by atoms with Crippen molar-refractivity contribution in [2.75, 3.05) is 39.0 Å². The van der Waals surface area contributed by atoms with E-state index < -0.39 is 0 Å². The third-order valence-electron chi connectivity index (χ3n) is 5.64. The summed E-state index contributed by atoms with van der Waals surface area (Å²) in [6.45, 7) is 4.75. The Balaban J connectivity index is 1.26. The number of nitrogens with zero attached hydrogens (tertiary/aromatic N) is 3. The monoisotopic (exact) mass is 409 g/mol. The van der Waals surface area contributed by atoms with Crippen molar-refractivity contribution >= 4 is 29.1 Å². The number of rotatable bonds is 8. The zero-order valence-electron chi connectivity index (χ0n) is 16.7. The highest BCUT2D eigenvalue weighted by atomic mass is 32.2. The molecule has 1 saturated heterocycles. The van der Waals surface area contributed by atoms with Gasteiger partial charge < -0.3 is 15.5 Å². The van der Waals surface area contributed by atoms with Gasteiger partial charge in [-0.25, -0.2) is 4.98 Å². The highest BCUT2D eigenvalue weighted by Crippen LogP contribution is 2.25. The number of thioether (sulfide) groups is 1. The van der Waals surface area contributed by atoms with Crippen molar-refractivity contribution in [1.29, 1.82) is 0 Å². The second-order valence-electron chi connectivity index (χ2n) is 7.72. The van der Waals surface area contributed by atoms with E-state index >= 15 is 0 Å². The van der Waals surface area contributed by atoms with E-state index in [1.165, 1.54) is 64.6 Å². The molecule has 0 atom stereocenters. The van der Waals surface area contributed by atoms with Crippen LogP contribution in [0.25, 0.3) is 0 Å². The van der Waals surface area contributed by atoms with E-state index in [0.717, 1.165) is 34.9 Å². The first kappa shape index (κ1) is 20.9. The Morgan fingerprint density at radius 2 is 2.07 bits per heavy atom. The molecule has 3 rings (SSSR count). The first-order chi connectivity index (χ1) is 13.3. The fraction of sp³-hybridized carbons (Fsp3) is 0.800. The number of aromatic nitrogens is 1. The van der Waals surface area contributed by atoms with Gasteiger partial charge in [-0.2, -0.15) is 0 Å². The van der Waals surface area contributed by atoms with Crippen LogP contribution < -0.4 is 10.6 Å². The van der Waals surface area contributed by atoms with Crippen molar-refractivity contribution in [3.8, 4) is 0 Å². The van der Waals surface area contributed by atoms with E-state index in [2.05, 4.69) is 25.5 Å². The highest BCUT2D eigenvalue weighted by molar-refractivity contribution is 8.00. The summed E-state index contributed by atoms with van der Waals surface area (Å²) in [7, 11) is 1.87. The Bertz CT molecular complexity index is 535. The zero-order chi connectivity index (χ0) is 18.7. The summed E-state index contributed by atoms with van der Waals surface area (Å²) in [6.07, 6.45) is 12.7. The molecule has 1 aromatic heterocycles. The van der Waals surface area contributed by atoms with Crippen LogP contribution in [0.2, 0.25) is 0 Å². The molecule has 0 unspecified atom stereocenters. The lowest BCUT2D eigenvalue weighted by Gasteiger charge is -2.36. The molecule has 1 aliphatic heterocycles. The van der Waals surface area contributed by atoms with Crippen LogP contribution in [0.4, 0.5) is 0 Å². The summed E-state index contributed by atoms with van der Waals surface area (Å²) in [5, 5.41) is 9.13. The van der Waals surface area contributed by atoms with Gasteiger partial charge in [0.05, 0.1) is 0 Å². The van der Waals surface area contributed by atoms with Gasteiger partial charge in [0.1, 0.15) is 4.34 Å². The van der Waals surface area contributed by atoms with Crippen LogP contribution >= 0.6 is 23.1 Å². The molecular formula is C20H35N5S2. The maximum absolute atomic E-state index is 4.41. The number of hydrogen-bond donors (Lipinski definition) is 2. The van der Waals surface area contributed by atoms with Crippen molar-refractivity contribution in [1.82, 2.24) is 20.5 Å². The third-order valence-corrected chi connectivity index (χ3v) is 7.69. The molecular weight excluding hydrogens is 374 g/mol. The molecule has 0 bridgehead atoms. The molecule has 5 nitrogen and oxygen atoms in total. The average molecular weight is 410 g/mol. The Labute approximate surface area is 172 Å². The summed E-state index contributed by atoms with van der Waals surface area (Å²) in [6, 6.07) is 0.559. The summed E-state index contributed by atoms with van der Waals surface area (Å²) in [5.74, 6) is 3.01. The number of guanidine groups is 1. The lowest BCUT2D eigenvalue weighted by atomic mass is 9.88. The van der Waals surface area contributed by atoms with Crippen molar-refractivity contribution in [2.24, 2.45) is 10.9 Å². The van der Waals surface area contributed by atoms with Gasteiger partial charge in [0, 0.05) is 56.6 Å². The van der Waals surface area contributed by atoms with Gasteiger partial charge in [0.2, 0.25) is 0 Å². The van der Waals surface area contributed by atoms with Gasteiger partial charge in [0.15, 0.2) is 5.96 Å². The number of hydrogen-bond acceptors (Lipinski definition) is 5. The summed E-state index contributed by atoms with van der Waals surface area (Å²) in [5.41, 5.74) is 0. The molecule has 2 N–H and O–H groups in total. The van der Waals surface area contributed by atoms with Gasteiger partial charge in [-0.05, 0) is 38.0 Å². The Morgan fingerprint density at radius 3 is 2.78 bits per heavy atom. The predicted molar refractivity (Wildman–Crippen MR) is 118 cm³/mol. The lowest BCUT2D eigenvalue weighted by Crippen LogP contribution is -2.49. The molecule has 0 spiro atoms. The van der Waals surface area contributed by atoms with E-state index in [1.54, 1.807) is 11.3 Å². The van der Waals surface area contributed by atoms with E-state index in [1.807, 2.05) is 30.4 Å². The Hall–Kier alpha value is -0.790. The van der Waals surface area contributed by atoms with Crippen LogP contribution in [0.3, 0.4) is 0 Å². The Kier molecular flexibility index (Phi) is 9.24. The predicted octanol–water partition coefficient (Wildman–Crippen LogP) is 3.84. The van der Waals surface area contributed by atoms with Gasteiger partial charge in [0.25, 0.3) is 0 Å². The topological polar surface area (TPSA) is 52.6 Å². The Morgan fingerprint density at radius 1 is 1.26 bits per heavy atom. The third kappa shape index (κ3) is 7.62. The minimum Gasteiger partial charge on any atom is -0.356 e. The van der Waals surface area contributed by atoms with E-state index in [4.69, 9.17) is 0 Å². The largest absolute Gasteiger partial charge is 0.356 e. The molecule has 1 aromatic rings. The lowest BCUT2D eigenvalue weighted by molar-refractivity contribution is 0.160. The number of nitrogens with one attached hydrogen (secondary N) is 2. The zero-order valence-corrected chi connectivity index (χ0v) is 18.3. The summed E-state index contributed by atoms with van der Waals surface area (Å²) < 4.78 is 1.16. The smallest absolute Gasteiger partial charge is 0.191 e. The van der Waals surface area contributed by atoms with Crippen LogP contribution in [0.1, 0.15) is 51.4 Å². The van der Waals surface area contributed by atoms with Crippen LogP contribution in [0.5, 0.6) is 0 Å². The molecule has 27 heavy (non-hydrogen) atoms. The number of thiazole rings is 1. The number of aliphatic imine (C=N–C) groups is 1. The molecule has 152 valence electrons. The molecule has 1 aliphatic carbocycles. The van der Waals surface area contributed by atoms with Crippen LogP contribution in [-0.4, -0.2) is 60.9 Å². The van der Waals surface area contributed by atoms with Crippen molar-refractivity contribution in [2.45, 2.75) is 61.7 Å². The van der Waals surface area contributed by atoms with E-state index in [-0.39, 0.29) is 0 Å². The fourth-order valence-corrected chi connectivity index (χ4v) is 5.75. The van der Waals surface area contributed by atoms with Gasteiger partial charge >= 0.3 is 0 Å². The molecule has 0 amide bonds. The first-order valence-corrected chi connectivity index (χ1v) is 12.4. The van der Waals surface area contributed by atoms with Crippen LogP contribution in [-0.2, 0) is 0 Å². The van der Waals surface area contributed by atoms with E-state index in [0.29, 0.717) is 6.04 Å². The highest BCUT2D eigenvalue weighted by Gasteiger charge is 2.23. The van der Waals surface area contributed by atoms with Crippen molar-refractivity contribution in [3.05, 3.63) is 11.6 Å². The van der Waals surface area contributed by atoms with Gasteiger partial charge in [-0.1, -0.05) is 31.0 Å². The maximum Gasteiger partial charge on any atom is 0.191 e. The molecule has 2 heterocycles. The van der Waals surface area contributed by atoms with Crippen LogP contribution in [0.15, 0.2) is 20.9 Å². The van der Waals surface area contributed by atoms with Crippen molar-refractivity contribution < 1.29 is 0 Å². The van der Waals surface area contributed by atoms with Crippen molar-refractivity contribution in [3.63, 3.8) is 0 Å². The maximum atomic E-state index is 4.41. The van der Waals surface area contributed by atoms with Crippen LogP contribution in [0, 0.1) is 5.92 Å². The molecule has 2 aliphatic rings. The SMILES string of the molecule is CN=C(NCCCSc1nccs1)NC1CCN(CC2CCCCC2)CC1. The average Bonchev–Trinajstić information content (AvgIpc) is 3.22. The summed E-state index contributed by atoms with van der Waals surface area (Å²) >= 11 is 3.56. The van der Waals surface area contributed by atoms with Gasteiger partial charge in [-0.3, -0.25) is 4.99 Å². The minimum absolute atomic E-state index is 0.559. The minimum atomic E-state index is 0.559. The molecule has 1 saturated carbocycles. The van der Waals surface area contributed by atoms with E-state index in [9.17, 15) is 0 Å². The molecule has 0 radical (unpaired) electrons.